The Kier molecular flexibility index (Phi) is 6.03. The van der Waals surface area contributed by atoms with Crippen molar-refractivity contribution < 1.29 is 4.74 Å². The first-order valence-corrected chi connectivity index (χ1v) is 9.56. The number of likely N-dealkylation sites (N-methyl/N-ethyl adjacent to an activating group) is 1. The lowest BCUT2D eigenvalue weighted by Gasteiger charge is -2.45. The normalized spacial score (nSPS) is 22.5. The highest BCUT2D eigenvalue weighted by Crippen LogP contribution is 2.30. The molecule has 4 nitrogen and oxygen atoms in total. The number of hydrogen-bond donors (Lipinski definition) is 1. The van der Waals surface area contributed by atoms with Crippen LogP contribution in [0.15, 0.2) is 18.2 Å². The van der Waals surface area contributed by atoms with Crippen molar-refractivity contribution in [2.45, 2.75) is 38.3 Å². The summed E-state index contributed by atoms with van der Waals surface area (Å²) in [5.41, 5.74) is 1.61. The van der Waals surface area contributed by atoms with Gasteiger partial charge in [-0.15, -0.1) is 0 Å². The molecule has 1 aromatic carbocycles. The Hall–Kier alpha value is -0.810. The predicted molar refractivity (Wildman–Crippen MR) is 100.0 cm³/mol. The fourth-order valence-electron chi connectivity index (χ4n) is 4.13. The summed E-state index contributed by atoms with van der Waals surface area (Å²) in [5.74, 6) is 0.786. The topological polar surface area (TPSA) is 27.7 Å². The number of halogens is 1. The van der Waals surface area contributed by atoms with Gasteiger partial charge in [0.1, 0.15) is 5.75 Å². The molecule has 1 N–H and O–H groups in total. The minimum absolute atomic E-state index is 0.330. The first-order valence-electron chi connectivity index (χ1n) is 9.18. The fourth-order valence-corrected chi connectivity index (χ4v) is 4.38. The summed E-state index contributed by atoms with van der Waals surface area (Å²) in [6, 6.07) is 6.22. The lowest BCUT2D eigenvalue weighted by molar-refractivity contribution is 0.0637. The molecular weight excluding hydrogens is 322 g/mol. The van der Waals surface area contributed by atoms with Gasteiger partial charge in [0.2, 0.25) is 0 Å². The molecule has 0 atom stereocenters. The van der Waals surface area contributed by atoms with Gasteiger partial charge in [-0.05, 0) is 77.1 Å². The van der Waals surface area contributed by atoms with E-state index < -0.39 is 0 Å². The highest BCUT2D eigenvalue weighted by molar-refractivity contribution is 6.32. The van der Waals surface area contributed by atoms with E-state index in [4.69, 9.17) is 16.3 Å². The molecule has 0 aliphatic carbocycles. The van der Waals surface area contributed by atoms with E-state index in [9.17, 15) is 0 Å². The van der Waals surface area contributed by atoms with Gasteiger partial charge >= 0.3 is 0 Å². The minimum atomic E-state index is 0.330. The zero-order chi connectivity index (χ0) is 17.0. The summed E-state index contributed by atoms with van der Waals surface area (Å²) in [6.07, 6.45) is 3.71. The van der Waals surface area contributed by atoms with Crippen molar-refractivity contribution in [3.63, 3.8) is 0 Å². The van der Waals surface area contributed by atoms with Gasteiger partial charge in [0.05, 0.1) is 11.6 Å². The van der Waals surface area contributed by atoms with Crippen molar-refractivity contribution in [2.75, 3.05) is 46.4 Å². The molecule has 0 saturated carbocycles. The number of nitrogens with one attached hydrogen (secondary N) is 1. The Balaban J connectivity index is 1.71. The summed E-state index contributed by atoms with van der Waals surface area (Å²) in [6.45, 7) is 9.36. The van der Waals surface area contributed by atoms with E-state index in [1.165, 1.54) is 31.4 Å². The molecule has 0 unspecified atom stereocenters. The van der Waals surface area contributed by atoms with Gasteiger partial charge in [-0.1, -0.05) is 17.7 Å². The zero-order valence-corrected chi connectivity index (χ0v) is 15.7. The van der Waals surface area contributed by atoms with Crippen LogP contribution < -0.4 is 10.1 Å². The molecule has 3 rings (SSSR count). The average molecular weight is 352 g/mol. The SMILES string of the molecule is CCOc1ccc(CN2CCCN(C)C3(CCNCC3)C2)cc1Cl. The molecule has 2 fully saturated rings. The van der Waals surface area contributed by atoms with Crippen molar-refractivity contribution in [2.24, 2.45) is 0 Å². The fraction of sp³-hybridized carbons (Fsp3) is 0.684. The average Bonchev–Trinajstić information content (AvgIpc) is 2.71. The summed E-state index contributed by atoms with van der Waals surface area (Å²) in [7, 11) is 2.31. The number of benzene rings is 1. The van der Waals surface area contributed by atoms with Crippen LogP contribution >= 0.6 is 11.6 Å². The maximum absolute atomic E-state index is 6.36. The molecule has 2 aliphatic rings. The van der Waals surface area contributed by atoms with Crippen LogP contribution in [-0.2, 0) is 6.54 Å². The molecule has 24 heavy (non-hydrogen) atoms. The lowest BCUT2D eigenvalue weighted by atomic mass is 9.86. The Morgan fingerprint density at radius 3 is 2.75 bits per heavy atom. The summed E-state index contributed by atoms with van der Waals surface area (Å²) in [5, 5.41) is 4.23. The number of nitrogens with zero attached hydrogens (tertiary/aromatic N) is 2. The third kappa shape index (κ3) is 4.05. The van der Waals surface area contributed by atoms with Gasteiger partial charge in [0, 0.05) is 18.6 Å². The van der Waals surface area contributed by atoms with Gasteiger partial charge in [-0.3, -0.25) is 9.80 Å². The summed E-state index contributed by atoms with van der Waals surface area (Å²) in [4.78, 5) is 5.22. The summed E-state index contributed by atoms with van der Waals surface area (Å²) < 4.78 is 5.55. The zero-order valence-electron chi connectivity index (χ0n) is 15.0. The second-order valence-electron chi connectivity index (χ2n) is 7.16. The quantitative estimate of drug-likeness (QED) is 0.902. The monoisotopic (exact) mass is 351 g/mol. The molecule has 0 aromatic heterocycles. The molecule has 134 valence electrons. The van der Waals surface area contributed by atoms with Crippen LogP contribution in [0.1, 0.15) is 31.7 Å². The first-order chi connectivity index (χ1) is 11.6. The Morgan fingerprint density at radius 2 is 2.04 bits per heavy atom. The number of rotatable bonds is 4. The van der Waals surface area contributed by atoms with Gasteiger partial charge in [0.25, 0.3) is 0 Å². The highest BCUT2D eigenvalue weighted by Gasteiger charge is 2.38. The van der Waals surface area contributed by atoms with Crippen LogP contribution in [0.2, 0.25) is 5.02 Å². The van der Waals surface area contributed by atoms with E-state index in [1.54, 1.807) is 0 Å². The van der Waals surface area contributed by atoms with Gasteiger partial charge < -0.3 is 10.1 Å². The predicted octanol–water partition coefficient (Wildman–Crippen LogP) is 3.00. The number of piperidine rings is 1. The molecule has 2 aliphatic heterocycles. The first kappa shape index (κ1) is 18.0. The third-order valence-corrected chi connectivity index (χ3v) is 5.83. The van der Waals surface area contributed by atoms with Crippen molar-refractivity contribution in [1.29, 1.82) is 0 Å². The Morgan fingerprint density at radius 1 is 1.25 bits per heavy atom. The maximum atomic E-state index is 6.36. The van der Waals surface area contributed by atoms with Crippen molar-refractivity contribution in [3.05, 3.63) is 28.8 Å². The minimum Gasteiger partial charge on any atom is -0.492 e. The smallest absolute Gasteiger partial charge is 0.137 e. The van der Waals surface area contributed by atoms with Crippen LogP contribution in [0.3, 0.4) is 0 Å². The maximum Gasteiger partial charge on any atom is 0.137 e. The van der Waals surface area contributed by atoms with Crippen LogP contribution in [0.4, 0.5) is 0 Å². The summed E-state index contributed by atoms with van der Waals surface area (Å²) >= 11 is 6.36. The van der Waals surface area contributed by atoms with Crippen LogP contribution in [-0.4, -0.2) is 61.7 Å². The number of hydrogen-bond acceptors (Lipinski definition) is 4. The molecule has 2 heterocycles. The van der Waals surface area contributed by atoms with Gasteiger partial charge in [-0.25, -0.2) is 0 Å². The van der Waals surface area contributed by atoms with Crippen LogP contribution in [0.5, 0.6) is 5.75 Å². The molecule has 0 bridgehead atoms. The molecule has 5 heteroatoms. The van der Waals surface area contributed by atoms with Crippen LogP contribution in [0.25, 0.3) is 0 Å². The van der Waals surface area contributed by atoms with Crippen LogP contribution in [0, 0.1) is 0 Å². The molecule has 0 amide bonds. The second kappa shape index (κ2) is 8.05. The van der Waals surface area contributed by atoms with E-state index >= 15 is 0 Å². The van der Waals surface area contributed by atoms with Gasteiger partial charge in [-0.2, -0.15) is 0 Å². The largest absolute Gasteiger partial charge is 0.492 e. The van der Waals surface area contributed by atoms with Crippen molar-refractivity contribution >= 4 is 11.6 Å². The van der Waals surface area contributed by atoms with E-state index in [1.807, 2.05) is 13.0 Å². The molecule has 1 aromatic rings. The van der Waals surface area contributed by atoms with E-state index in [0.29, 0.717) is 12.1 Å². The standard InChI is InChI=1S/C19H30ClN3O/c1-3-24-18-6-5-16(13-17(18)20)14-23-12-4-11-22(2)19(15-23)7-9-21-10-8-19/h5-6,13,21H,3-4,7-12,14-15H2,1-2H3. The Bertz CT molecular complexity index is 545. The van der Waals surface area contributed by atoms with E-state index in [0.717, 1.165) is 43.5 Å². The lowest BCUT2D eigenvalue weighted by Crippen LogP contribution is -2.57. The van der Waals surface area contributed by atoms with E-state index in [2.05, 4.69) is 34.3 Å². The Labute approximate surface area is 151 Å². The van der Waals surface area contributed by atoms with Crippen molar-refractivity contribution in [1.82, 2.24) is 15.1 Å². The molecule has 1 spiro atoms. The third-order valence-electron chi connectivity index (χ3n) is 5.53. The van der Waals surface area contributed by atoms with Crippen molar-refractivity contribution in [3.8, 4) is 5.75 Å². The molecular formula is C19H30ClN3O. The van der Waals surface area contributed by atoms with Gasteiger partial charge in [0.15, 0.2) is 0 Å². The van der Waals surface area contributed by atoms with E-state index in [-0.39, 0.29) is 0 Å². The molecule has 0 radical (unpaired) electrons. The second-order valence-corrected chi connectivity index (χ2v) is 7.57. The molecule has 2 saturated heterocycles. The number of ether oxygens (including phenoxy) is 1. The highest BCUT2D eigenvalue weighted by atomic mass is 35.5.